The minimum Gasteiger partial charge on any atom is -0.346 e. The summed E-state index contributed by atoms with van der Waals surface area (Å²) in [6.45, 7) is 6.50. The van der Waals surface area contributed by atoms with E-state index >= 15 is 0 Å². The molecule has 0 spiro atoms. The van der Waals surface area contributed by atoms with Crippen LogP contribution < -0.4 is 0 Å². The van der Waals surface area contributed by atoms with Crippen LogP contribution in [0.5, 0.6) is 0 Å². The van der Waals surface area contributed by atoms with E-state index in [2.05, 4.69) is 47.8 Å². The van der Waals surface area contributed by atoms with Crippen molar-refractivity contribution in [3.05, 3.63) is 0 Å². The Hall–Kier alpha value is -1.46. The molecule has 148 valence electrons. The molecule has 0 amide bonds. The van der Waals surface area contributed by atoms with Gasteiger partial charge in [0.2, 0.25) is 0 Å². The zero-order valence-corrected chi connectivity index (χ0v) is 17.3. The number of aliphatic imine (C=N–C) groups is 2. The molecule has 0 aromatic heterocycles. The van der Waals surface area contributed by atoms with Gasteiger partial charge < -0.3 is 19.6 Å². The lowest BCUT2D eigenvalue weighted by atomic mass is 9.81. The van der Waals surface area contributed by atoms with Crippen LogP contribution in [0.1, 0.15) is 38.5 Å². The van der Waals surface area contributed by atoms with Crippen LogP contribution in [0.4, 0.5) is 0 Å². The lowest BCUT2D eigenvalue weighted by Crippen LogP contribution is -2.46. The van der Waals surface area contributed by atoms with Crippen molar-refractivity contribution in [2.45, 2.75) is 38.5 Å². The molecular formula is C20H38N6. The van der Waals surface area contributed by atoms with E-state index in [1.54, 1.807) is 0 Å². The molecule has 2 atom stereocenters. The van der Waals surface area contributed by atoms with Gasteiger partial charge in [-0.15, -0.1) is 0 Å². The van der Waals surface area contributed by atoms with Crippen molar-refractivity contribution in [1.29, 1.82) is 0 Å². The van der Waals surface area contributed by atoms with Crippen molar-refractivity contribution < 1.29 is 0 Å². The van der Waals surface area contributed by atoms with Gasteiger partial charge in [-0.05, 0) is 43.9 Å². The largest absolute Gasteiger partial charge is 0.346 e. The van der Waals surface area contributed by atoms with E-state index in [1.165, 1.54) is 50.4 Å². The number of rotatable bonds is 4. The molecule has 1 saturated carbocycles. The van der Waals surface area contributed by atoms with Gasteiger partial charge in [-0.2, -0.15) is 0 Å². The van der Waals surface area contributed by atoms with Gasteiger partial charge in [0.05, 0.1) is 0 Å². The summed E-state index contributed by atoms with van der Waals surface area (Å²) in [5.74, 6) is 3.83. The molecule has 2 saturated heterocycles. The van der Waals surface area contributed by atoms with Crippen LogP contribution in [0.2, 0.25) is 0 Å². The third-order valence-corrected chi connectivity index (χ3v) is 6.21. The Morgan fingerprint density at radius 1 is 0.654 bits per heavy atom. The first-order valence-electron chi connectivity index (χ1n) is 10.5. The third-order valence-electron chi connectivity index (χ3n) is 6.21. The van der Waals surface area contributed by atoms with Gasteiger partial charge in [-0.25, -0.2) is 0 Å². The minimum absolute atomic E-state index is 0.729. The number of hydrogen-bond donors (Lipinski definition) is 0. The van der Waals surface area contributed by atoms with E-state index in [4.69, 9.17) is 9.98 Å². The van der Waals surface area contributed by atoms with Crippen molar-refractivity contribution in [3.63, 3.8) is 0 Å². The molecular weight excluding hydrogens is 324 g/mol. The summed E-state index contributed by atoms with van der Waals surface area (Å²) >= 11 is 0. The molecule has 1 aliphatic carbocycles. The molecule has 2 aliphatic heterocycles. The normalized spacial score (nSPS) is 27.8. The predicted molar refractivity (Wildman–Crippen MR) is 110 cm³/mol. The predicted octanol–water partition coefficient (Wildman–Crippen LogP) is 2.04. The summed E-state index contributed by atoms with van der Waals surface area (Å²) in [5.41, 5.74) is 0. The van der Waals surface area contributed by atoms with Crippen molar-refractivity contribution in [3.8, 4) is 0 Å². The lowest BCUT2D eigenvalue weighted by Gasteiger charge is -2.36. The summed E-state index contributed by atoms with van der Waals surface area (Å²) in [4.78, 5) is 19.2. The summed E-state index contributed by atoms with van der Waals surface area (Å²) in [6, 6.07) is 0. The highest BCUT2D eigenvalue weighted by molar-refractivity contribution is 5.80. The van der Waals surface area contributed by atoms with E-state index in [9.17, 15) is 0 Å². The standard InChI is InChI=1S/C20H38N6/c1-23-10-6-11-24(2)19(23)21-15-17-8-5-9-18(14-17)16-22-20-25(3)12-7-13-26(20)4/h17-18H,5-16H2,1-4H3. The summed E-state index contributed by atoms with van der Waals surface area (Å²) in [6.07, 6.45) is 7.76. The van der Waals surface area contributed by atoms with E-state index in [-0.39, 0.29) is 0 Å². The zero-order chi connectivity index (χ0) is 18.5. The van der Waals surface area contributed by atoms with Gasteiger partial charge in [-0.1, -0.05) is 6.42 Å². The molecule has 0 bridgehead atoms. The average molecular weight is 363 g/mol. The number of hydrogen-bond acceptors (Lipinski definition) is 2. The van der Waals surface area contributed by atoms with Gasteiger partial charge in [0.25, 0.3) is 0 Å². The smallest absolute Gasteiger partial charge is 0.196 e. The first-order chi connectivity index (χ1) is 12.5. The maximum absolute atomic E-state index is 4.99. The minimum atomic E-state index is 0.729. The van der Waals surface area contributed by atoms with E-state index in [0.717, 1.165) is 51.1 Å². The highest BCUT2D eigenvalue weighted by Crippen LogP contribution is 2.30. The Morgan fingerprint density at radius 3 is 1.42 bits per heavy atom. The average Bonchev–Trinajstić information content (AvgIpc) is 2.61. The van der Waals surface area contributed by atoms with Gasteiger partial charge in [-0.3, -0.25) is 9.98 Å². The monoisotopic (exact) mass is 362 g/mol. The number of nitrogens with zero attached hydrogens (tertiary/aromatic N) is 6. The SMILES string of the molecule is CN1CCCN(C)C1=NCC1CCCC(CN=C2N(C)CCCN2C)C1. The van der Waals surface area contributed by atoms with Crippen molar-refractivity contribution in [1.82, 2.24) is 19.6 Å². The highest BCUT2D eigenvalue weighted by Gasteiger charge is 2.24. The van der Waals surface area contributed by atoms with Crippen molar-refractivity contribution in [2.24, 2.45) is 21.8 Å². The molecule has 0 aromatic carbocycles. The lowest BCUT2D eigenvalue weighted by molar-refractivity contribution is 0.267. The van der Waals surface area contributed by atoms with Crippen LogP contribution in [0.25, 0.3) is 0 Å². The number of guanidine groups is 2. The van der Waals surface area contributed by atoms with Crippen LogP contribution in [0.15, 0.2) is 9.98 Å². The molecule has 26 heavy (non-hydrogen) atoms. The van der Waals surface area contributed by atoms with Crippen LogP contribution in [-0.2, 0) is 0 Å². The van der Waals surface area contributed by atoms with Gasteiger partial charge in [0.1, 0.15) is 0 Å². The van der Waals surface area contributed by atoms with Gasteiger partial charge in [0.15, 0.2) is 11.9 Å². The quantitative estimate of drug-likeness (QED) is 0.767. The highest BCUT2D eigenvalue weighted by atomic mass is 15.4. The van der Waals surface area contributed by atoms with E-state index < -0.39 is 0 Å². The Balaban J connectivity index is 1.52. The molecule has 3 aliphatic rings. The maximum Gasteiger partial charge on any atom is 0.196 e. The fourth-order valence-electron chi connectivity index (χ4n) is 4.71. The molecule has 2 heterocycles. The van der Waals surface area contributed by atoms with Crippen LogP contribution in [0, 0.1) is 11.8 Å². The molecule has 0 radical (unpaired) electrons. The Labute approximate surface area is 159 Å². The fourth-order valence-corrected chi connectivity index (χ4v) is 4.71. The van der Waals surface area contributed by atoms with E-state index in [1.807, 2.05) is 0 Å². The molecule has 2 unspecified atom stereocenters. The third kappa shape index (κ3) is 4.83. The Bertz CT molecular complexity index is 448. The molecule has 6 nitrogen and oxygen atoms in total. The molecule has 0 N–H and O–H groups in total. The fraction of sp³-hybridized carbons (Fsp3) is 0.900. The second-order valence-electron chi connectivity index (χ2n) is 8.57. The topological polar surface area (TPSA) is 37.7 Å². The van der Waals surface area contributed by atoms with Crippen molar-refractivity contribution in [2.75, 3.05) is 67.5 Å². The molecule has 3 fully saturated rings. The van der Waals surface area contributed by atoms with Crippen LogP contribution in [0.3, 0.4) is 0 Å². The van der Waals surface area contributed by atoms with E-state index in [0.29, 0.717) is 0 Å². The summed E-state index contributed by atoms with van der Waals surface area (Å²) < 4.78 is 0. The molecule has 6 heteroatoms. The van der Waals surface area contributed by atoms with Crippen LogP contribution >= 0.6 is 0 Å². The maximum atomic E-state index is 4.99. The second kappa shape index (κ2) is 8.96. The molecule has 0 aromatic rings. The summed E-state index contributed by atoms with van der Waals surface area (Å²) in [7, 11) is 8.69. The molecule has 3 rings (SSSR count). The first-order valence-corrected chi connectivity index (χ1v) is 10.5. The zero-order valence-electron chi connectivity index (χ0n) is 17.3. The Morgan fingerprint density at radius 2 is 1.04 bits per heavy atom. The first kappa shape index (κ1) is 19.3. The van der Waals surface area contributed by atoms with Gasteiger partial charge in [0, 0.05) is 67.5 Å². The second-order valence-corrected chi connectivity index (χ2v) is 8.57. The summed E-state index contributed by atoms with van der Waals surface area (Å²) in [5, 5.41) is 0. The van der Waals surface area contributed by atoms with Crippen molar-refractivity contribution >= 4 is 11.9 Å². The van der Waals surface area contributed by atoms with Gasteiger partial charge >= 0.3 is 0 Å². The Kier molecular flexibility index (Phi) is 6.65. The van der Waals surface area contributed by atoms with Crippen LogP contribution in [-0.4, -0.2) is 99.0 Å².